The van der Waals surface area contributed by atoms with E-state index >= 15 is 0 Å². The molecule has 1 unspecified atom stereocenters. The van der Waals surface area contributed by atoms with Crippen molar-refractivity contribution in [3.05, 3.63) is 71.8 Å². The van der Waals surface area contributed by atoms with Crippen molar-refractivity contribution in [3.8, 4) is 11.3 Å². The molecule has 0 radical (unpaired) electrons. The molecule has 1 N–H and O–H groups in total. The van der Waals surface area contributed by atoms with Crippen LogP contribution < -0.4 is 5.32 Å². The number of fused-ring (bicyclic) bond motifs is 1. The summed E-state index contributed by atoms with van der Waals surface area (Å²) in [6.45, 7) is 4.43. The molecule has 4 aromatic rings. The molecule has 4 heterocycles. The fraction of sp³-hybridized carbons (Fsp3) is 0.346. The van der Waals surface area contributed by atoms with Crippen LogP contribution in [0.2, 0.25) is 0 Å². The van der Waals surface area contributed by atoms with Gasteiger partial charge in [-0.25, -0.2) is 4.98 Å². The Morgan fingerprint density at radius 1 is 1.12 bits per heavy atom. The van der Waals surface area contributed by atoms with E-state index in [0.717, 1.165) is 41.2 Å². The maximum atomic E-state index is 13.5. The van der Waals surface area contributed by atoms with E-state index in [2.05, 4.69) is 15.3 Å². The maximum Gasteiger partial charge on any atom is 0.252 e. The van der Waals surface area contributed by atoms with E-state index < -0.39 is 0 Å². The minimum atomic E-state index is -0.121. The summed E-state index contributed by atoms with van der Waals surface area (Å²) >= 11 is 0. The van der Waals surface area contributed by atoms with Crippen LogP contribution in [0, 0.1) is 6.92 Å². The zero-order chi connectivity index (χ0) is 22.8. The molecule has 0 spiro atoms. The molecule has 1 amide bonds. The van der Waals surface area contributed by atoms with Crippen LogP contribution in [0.15, 0.2) is 59.2 Å². The zero-order valence-corrected chi connectivity index (χ0v) is 19.1. The van der Waals surface area contributed by atoms with Crippen LogP contribution in [-0.2, 0) is 7.05 Å². The number of piperidine rings is 1. The molecule has 7 heteroatoms. The van der Waals surface area contributed by atoms with Crippen LogP contribution in [0.1, 0.15) is 47.1 Å². The standard InChI is InChI=1S/C26H29N5O2/c1-18-24-20(16-21(19-10-5-3-6-11-19)28-25(24)30(2)29-18)26(32)27-17-22(23-12-9-15-33-23)31-13-7-4-8-14-31/h3,5-6,9-12,15-16,22H,4,7-8,13-14,17H2,1-2H3,(H,27,32). The number of benzene rings is 1. The topological polar surface area (TPSA) is 76.2 Å². The average molecular weight is 444 g/mol. The number of likely N-dealkylation sites (tertiary alicyclic amines) is 1. The third kappa shape index (κ3) is 4.28. The minimum absolute atomic E-state index is 0.0187. The Bertz CT molecular complexity index is 1240. The van der Waals surface area contributed by atoms with Crippen molar-refractivity contribution in [2.24, 2.45) is 7.05 Å². The highest BCUT2D eigenvalue weighted by Gasteiger charge is 2.26. The number of furan rings is 1. The molecule has 0 bridgehead atoms. The van der Waals surface area contributed by atoms with E-state index in [4.69, 9.17) is 9.40 Å². The van der Waals surface area contributed by atoms with E-state index in [1.54, 1.807) is 10.9 Å². The first-order valence-corrected chi connectivity index (χ1v) is 11.6. The summed E-state index contributed by atoms with van der Waals surface area (Å²) in [6.07, 6.45) is 5.30. The Morgan fingerprint density at radius 2 is 1.91 bits per heavy atom. The molecular weight excluding hydrogens is 414 g/mol. The van der Waals surface area contributed by atoms with Crippen LogP contribution in [0.3, 0.4) is 0 Å². The Labute approximate surface area is 193 Å². The molecule has 1 aliphatic heterocycles. The third-order valence-electron chi connectivity index (χ3n) is 6.44. The van der Waals surface area contributed by atoms with Crippen molar-refractivity contribution in [2.45, 2.75) is 32.2 Å². The van der Waals surface area contributed by atoms with Gasteiger partial charge in [-0.3, -0.25) is 14.4 Å². The maximum absolute atomic E-state index is 13.5. The number of carbonyl (C=O) groups is 1. The van der Waals surface area contributed by atoms with Gasteiger partial charge in [-0.1, -0.05) is 36.8 Å². The third-order valence-corrected chi connectivity index (χ3v) is 6.44. The van der Waals surface area contributed by atoms with Gasteiger partial charge in [0.1, 0.15) is 5.76 Å². The Balaban J connectivity index is 1.47. The molecule has 33 heavy (non-hydrogen) atoms. The first-order valence-electron chi connectivity index (χ1n) is 11.6. The van der Waals surface area contributed by atoms with E-state index in [0.29, 0.717) is 17.8 Å². The lowest BCUT2D eigenvalue weighted by molar-refractivity contribution is 0.0915. The second-order valence-corrected chi connectivity index (χ2v) is 8.67. The molecule has 1 aliphatic rings. The van der Waals surface area contributed by atoms with E-state index in [9.17, 15) is 4.79 Å². The van der Waals surface area contributed by atoms with Gasteiger partial charge < -0.3 is 9.73 Å². The van der Waals surface area contributed by atoms with Crippen molar-refractivity contribution in [1.82, 2.24) is 25.0 Å². The highest BCUT2D eigenvalue weighted by Crippen LogP contribution is 2.28. The van der Waals surface area contributed by atoms with Gasteiger partial charge >= 0.3 is 0 Å². The van der Waals surface area contributed by atoms with Gasteiger partial charge in [-0.05, 0) is 51.1 Å². The normalized spacial score (nSPS) is 15.6. The Morgan fingerprint density at radius 3 is 2.64 bits per heavy atom. The minimum Gasteiger partial charge on any atom is -0.468 e. The van der Waals surface area contributed by atoms with Crippen LogP contribution in [0.5, 0.6) is 0 Å². The summed E-state index contributed by atoms with van der Waals surface area (Å²) in [4.78, 5) is 20.8. The fourth-order valence-corrected chi connectivity index (χ4v) is 4.79. The lowest BCUT2D eigenvalue weighted by Crippen LogP contribution is -2.40. The monoisotopic (exact) mass is 443 g/mol. The van der Waals surface area contributed by atoms with Gasteiger partial charge in [-0.2, -0.15) is 5.10 Å². The van der Waals surface area contributed by atoms with Gasteiger partial charge in [0.25, 0.3) is 5.91 Å². The predicted molar refractivity (Wildman–Crippen MR) is 128 cm³/mol. The Hall–Kier alpha value is -3.45. The summed E-state index contributed by atoms with van der Waals surface area (Å²) in [5.41, 5.74) is 3.83. The van der Waals surface area contributed by atoms with Crippen molar-refractivity contribution in [1.29, 1.82) is 0 Å². The number of aromatic nitrogens is 3. The van der Waals surface area contributed by atoms with Crippen LogP contribution >= 0.6 is 0 Å². The summed E-state index contributed by atoms with van der Waals surface area (Å²) in [6, 6.07) is 15.7. The zero-order valence-electron chi connectivity index (χ0n) is 19.1. The number of nitrogens with zero attached hydrogens (tertiary/aromatic N) is 4. The van der Waals surface area contributed by atoms with Gasteiger partial charge in [0.15, 0.2) is 5.65 Å². The summed E-state index contributed by atoms with van der Waals surface area (Å²) in [5, 5.41) is 8.51. The van der Waals surface area contributed by atoms with Gasteiger partial charge in [-0.15, -0.1) is 0 Å². The van der Waals surface area contributed by atoms with Gasteiger partial charge in [0.2, 0.25) is 0 Å². The van der Waals surface area contributed by atoms with Gasteiger partial charge in [0.05, 0.1) is 34.6 Å². The molecule has 7 nitrogen and oxygen atoms in total. The van der Waals surface area contributed by atoms with Crippen LogP contribution in [-0.4, -0.2) is 45.2 Å². The molecule has 5 rings (SSSR count). The summed E-state index contributed by atoms with van der Waals surface area (Å²) < 4.78 is 7.48. The van der Waals surface area contributed by atoms with E-state index in [-0.39, 0.29) is 11.9 Å². The summed E-state index contributed by atoms with van der Waals surface area (Å²) in [5.74, 6) is 0.767. The van der Waals surface area contributed by atoms with E-state index in [1.807, 2.05) is 62.5 Å². The molecule has 170 valence electrons. The second kappa shape index (κ2) is 9.19. The Kier molecular flexibility index (Phi) is 5.96. The highest BCUT2D eigenvalue weighted by molar-refractivity contribution is 6.07. The summed E-state index contributed by atoms with van der Waals surface area (Å²) in [7, 11) is 1.86. The smallest absolute Gasteiger partial charge is 0.252 e. The molecular formula is C26H29N5O2. The number of rotatable bonds is 6. The number of pyridine rings is 1. The first kappa shape index (κ1) is 21.4. The van der Waals surface area contributed by atoms with E-state index in [1.165, 1.54) is 19.3 Å². The molecule has 3 aromatic heterocycles. The molecule has 0 aliphatic carbocycles. The van der Waals surface area contributed by atoms with Crippen molar-refractivity contribution in [2.75, 3.05) is 19.6 Å². The number of amides is 1. The number of nitrogens with one attached hydrogen (secondary N) is 1. The van der Waals surface area contributed by atoms with Crippen LogP contribution in [0.25, 0.3) is 22.3 Å². The molecule has 1 atom stereocenters. The van der Waals surface area contributed by atoms with Crippen molar-refractivity contribution < 1.29 is 9.21 Å². The second-order valence-electron chi connectivity index (χ2n) is 8.67. The highest BCUT2D eigenvalue weighted by atomic mass is 16.3. The first-order chi connectivity index (χ1) is 16.1. The lowest BCUT2D eigenvalue weighted by atomic mass is 10.0. The molecule has 0 saturated carbocycles. The average Bonchev–Trinajstić information content (AvgIpc) is 3.48. The number of hydrogen-bond donors (Lipinski definition) is 1. The fourth-order valence-electron chi connectivity index (χ4n) is 4.79. The van der Waals surface area contributed by atoms with Gasteiger partial charge in [0, 0.05) is 19.2 Å². The van der Waals surface area contributed by atoms with Crippen molar-refractivity contribution in [3.63, 3.8) is 0 Å². The van der Waals surface area contributed by atoms with Crippen LogP contribution in [0.4, 0.5) is 0 Å². The largest absolute Gasteiger partial charge is 0.468 e. The predicted octanol–water partition coefficient (Wildman–Crippen LogP) is 4.49. The quantitative estimate of drug-likeness (QED) is 0.475. The number of hydrogen-bond acceptors (Lipinski definition) is 5. The molecule has 1 saturated heterocycles. The lowest BCUT2D eigenvalue weighted by Gasteiger charge is -2.33. The molecule has 1 aromatic carbocycles. The number of carbonyl (C=O) groups excluding carboxylic acids is 1. The van der Waals surface area contributed by atoms with Crippen molar-refractivity contribution >= 4 is 16.9 Å². The SMILES string of the molecule is Cc1nn(C)c2nc(-c3ccccc3)cc(C(=O)NCC(c3ccco3)N3CCCCC3)c12. The molecule has 1 fully saturated rings. The number of aryl methyl sites for hydroxylation is 2.